The van der Waals surface area contributed by atoms with Crippen LogP contribution in [0.4, 0.5) is 11.4 Å². The van der Waals surface area contributed by atoms with Gasteiger partial charge in [0, 0.05) is 10.2 Å². The number of ether oxygens (including phenoxy) is 2. The van der Waals surface area contributed by atoms with Crippen LogP contribution in [0.15, 0.2) is 46.9 Å². The summed E-state index contributed by atoms with van der Waals surface area (Å²) in [4.78, 5) is 23.6. The van der Waals surface area contributed by atoms with Crippen LogP contribution in [0.3, 0.4) is 0 Å². The number of amides is 2. The lowest BCUT2D eigenvalue weighted by molar-refractivity contribution is -0.122. The summed E-state index contributed by atoms with van der Waals surface area (Å²) in [5, 5.41) is 5.46. The fourth-order valence-corrected chi connectivity index (χ4v) is 2.43. The van der Waals surface area contributed by atoms with Crippen LogP contribution in [0.25, 0.3) is 0 Å². The molecule has 1 unspecified atom stereocenters. The summed E-state index contributed by atoms with van der Waals surface area (Å²) in [5.74, 6) is 0.665. The Hall–Kier alpha value is -2.54. The minimum atomic E-state index is -0.530. The maximum atomic E-state index is 12.0. The van der Waals surface area contributed by atoms with Gasteiger partial charge < -0.3 is 20.1 Å². The molecule has 0 aliphatic carbocycles. The lowest BCUT2D eigenvalue weighted by Gasteiger charge is -2.23. The first-order valence-corrected chi connectivity index (χ1v) is 8.10. The summed E-state index contributed by atoms with van der Waals surface area (Å²) in [6.07, 6.45) is -0.530. The van der Waals surface area contributed by atoms with Gasteiger partial charge in [0.05, 0.1) is 5.69 Å². The zero-order valence-electron chi connectivity index (χ0n) is 12.8. The van der Waals surface area contributed by atoms with Crippen LogP contribution >= 0.6 is 15.9 Å². The van der Waals surface area contributed by atoms with E-state index in [-0.39, 0.29) is 18.4 Å². The van der Waals surface area contributed by atoms with Crippen LogP contribution in [0.5, 0.6) is 11.5 Å². The Kier molecular flexibility index (Phi) is 4.71. The fourth-order valence-electron chi connectivity index (χ4n) is 2.16. The van der Waals surface area contributed by atoms with E-state index in [1.165, 1.54) is 0 Å². The van der Waals surface area contributed by atoms with Crippen LogP contribution in [-0.4, -0.2) is 24.5 Å². The molecule has 2 aromatic carbocycles. The maximum Gasteiger partial charge on any atom is 0.265 e. The van der Waals surface area contributed by atoms with Gasteiger partial charge >= 0.3 is 0 Å². The minimum absolute atomic E-state index is 0.112. The number of rotatable bonds is 4. The van der Waals surface area contributed by atoms with Gasteiger partial charge in [0.15, 0.2) is 12.7 Å². The summed E-state index contributed by atoms with van der Waals surface area (Å²) >= 11 is 3.33. The van der Waals surface area contributed by atoms with Crippen molar-refractivity contribution in [2.24, 2.45) is 0 Å². The molecule has 6 nitrogen and oxygen atoms in total. The second-order valence-corrected chi connectivity index (χ2v) is 6.17. The molecule has 2 N–H and O–H groups in total. The Morgan fingerprint density at radius 1 is 1.29 bits per heavy atom. The van der Waals surface area contributed by atoms with Crippen molar-refractivity contribution < 1.29 is 19.1 Å². The number of anilines is 2. The summed E-state index contributed by atoms with van der Waals surface area (Å²) in [6.45, 7) is 1.56. The largest absolute Gasteiger partial charge is 0.484 e. The van der Waals surface area contributed by atoms with Crippen molar-refractivity contribution in [1.82, 2.24) is 0 Å². The van der Waals surface area contributed by atoms with E-state index in [1.807, 2.05) is 12.1 Å². The Labute approximate surface area is 147 Å². The first kappa shape index (κ1) is 16.3. The zero-order chi connectivity index (χ0) is 17.1. The predicted molar refractivity (Wildman–Crippen MR) is 93.4 cm³/mol. The van der Waals surface area contributed by atoms with Gasteiger partial charge in [-0.3, -0.25) is 9.59 Å². The summed E-state index contributed by atoms with van der Waals surface area (Å²) in [7, 11) is 0. The first-order chi connectivity index (χ1) is 11.5. The number of halogens is 1. The number of hydrogen-bond donors (Lipinski definition) is 2. The highest BCUT2D eigenvalue weighted by Crippen LogP contribution is 2.32. The predicted octanol–water partition coefficient (Wildman–Crippen LogP) is 3.19. The van der Waals surface area contributed by atoms with Gasteiger partial charge in [-0.25, -0.2) is 0 Å². The quantitative estimate of drug-likeness (QED) is 0.840. The minimum Gasteiger partial charge on any atom is -0.484 e. The van der Waals surface area contributed by atoms with Gasteiger partial charge in [0.1, 0.15) is 11.5 Å². The molecule has 0 radical (unpaired) electrons. The molecule has 1 heterocycles. The summed E-state index contributed by atoms with van der Waals surface area (Å²) < 4.78 is 11.8. The van der Waals surface area contributed by atoms with E-state index in [9.17, 15) is 9.59 Å². The third-order valence-corrected chi connectivity index (χ3v) is 3.91. The monoisotopic (exact) mass is 390 g/mol. The number of nitrogens with one attached hydrogen (secondary N) is 2. The Bertz CT molecular complexity index is 777. The molecule has 24 heavy (non-hydrogen) atoms. The molecule has 7 heteroatoms. The van der Waals surface area contributed by atoms with Crippen molar-refractivity contribution in [2.45, 2.75) is 13.0 Å². The SMILES string of the molecule is CC1Oc2ccc(NC(=O)COc3ccc(Br)cc3)cc2NC1=O. The molecule has 2 aromatic rings. The van der Waals surface area contributed by atoms with Crippen LogP contribution in [-0.2, 0) is 9.59 Å². The zero-order valence-corrected chi connectivity index (χ0v) is 14.4. The molecule has 3 rings (SSSR count). The van der Waals surface area contributed by atoms with E-state index in [0.29, 0.717) is 22.9 Å². The van der Waals surface area contributed by atoms with E-state index < -0.39 is 6.10 Å². The molecular formula is C17H15BrN2O4. The first-order valence-electron chi connectivity index (χ1n) is 7.31. The number of fused-ring (bicyclic) bond motifs is 1. The molecule has 1 atom stereocenters. The molecule has 0 fully saturated rings. The third-order valence-electron chi connectivity index (χ3n) is 3.38. The highest BCUT2D eigenvalue weighted by molar-refractivity contribution is 9.10. The van der Waals surface area contributed by atoms with E-state index in [0.717, 1.165) is 4.47 Å². The lowest BCUT2D eigenvalue weighted by Crippen LogP contribution is -2.34. The van der Waals surface area contributed by atoms with Crippen molar-refractivity contribution in [3.63, 3.8) is 0 Å². The van der Waals surface area contributed by atoms with Crippen LogP contribution < -0.4 is 20.1 Å². The average Bonchev–Trinajstić information content (AvgIpc) is 2.56. The normalized spacial score (nSPS) is 15.8. The van der Waals surface area contributed by atoms with Gasteiger partial charge in [-0.15, -0.1) is 0 Å². The van der Waals surface area contributed by atoms with Crippen LogP contribution in [0.1, 0.15) is 6.92 Å². The molecular weight excluding hydrogens is 376 g/mol. The Morgan fingerprint density at radius 3 is 2.79 bits per heavy atom. The van der Waals surface area contributed by atoms with Gasteiger partial charge in [0.2, 0.25) is 0 Å². The van der Waals surface area contributed by atoms with E-state index >= 15 is 0 Å². The summed E-state index contributed by atoms with van der Waals surface area (Å²) in [6, 6.07) is 12.3. The second kappa shape index (κ2) is 6.92. The number of carbonyl (C=O) groups excluding carboxylic acids is 2. The molecule has 124 valence electrons. The van der Waals surface area contributed by atoms with Gasteiger partial charge in [-0.1, -0.05) is 15.9 Å². The summed E-state index contributed by atoms with van der Waals surface area (Å²) in [5.41, 5.74) is 1.08. The topological polar surface area (TPSA) is 76.7 Å². The molecule has 0 saturated heterocycles. The number of carbonyl (C=O) groups is 2. The van der Waals surface area contributed by atoms with E-state index in [4.69, 9.17) is 9.47 Å². The van der Waals surface area contributed by atoms with Gasteiger partial charge in [-0.05, 0) is 49.4 Å². The van der Waals surface area contributed by atoms with Crippen molar-refractivity contribution >= 4 is 39.1 Å². The maximum absolute atomic E-state index is 12.0. The van der Waals surface area contributed by atoms with Gasteiger partial charge in [0.25, 0.3) is 11.8 Å². The number of benzene rings is 2. The van der Waals surface area contributed by atoms with Crippen molar-refractivity contribution in [2.75, 3.05) is 17.2 Å². The highest BCUT2D eigenvalue weighted by Gasteiger charge is 2.23. The van der Waals surface area contributed by atoms with Crippen LogP contribution in [0.2, 0.25) is 0 Å². The van der Waals surface area contributed by atoms with Crippen LogP contribution in [0, 0.1) is 0 Å². The lowest BCUT2D eigenvalue weighted by atomic mass is 10.2. The van der Waals surface area contributed by atoms with Crippen molar-refractivity contribution in [3.8, 4) is 11.5 Å². The average molecular weight is 391 g/mol. The molecule has 2 amide bonds. The second-order valence-electron chi connectivity index (χ2n) is 5.25. The van der Waals surface area contributed by atoms with Crippen molar-refractivity contribution in [3.05, 3.63) is 46.9 Å². The molecule has 0 aromatic heterocycles. The highest BCUT2D eigenvalue weighted by atomic mass is 79.9. The smallest absolute Gasteiger partial charge is 0.265 e. The molecule has 0 bridgehead atoms. The fraction of sp³-hybridized carbons (Fsp3) is 0.176. The van der Waals surface area contributed by atoms with E-state index in [1.54, 1.807) is 37.3 Å². The standard InChI is InChI=1S/C17H15BrN2O4/c1-10-17(22)20-14-8-12(4-7-15(14)24-10)19-16(21)9-23-13-5-2-11(18)3-6-13/h2-8,10H,9H2,1H3,(H,19,21)(H,20,22). The third kappa shape index (κ3) is 3.86. The van der Waals surface area contributed by atoms with E-state index in [2.05, 4.69) is 26.6 Å². The molecule has 1 aliphatic rings. The molecule has 0 spiro atoms. The molecule has 0 saturated carbocycles. The molecule has 1 aliphatic heterocycles. The number of hydrogen-bond acceptors (Lipinski definition) is 4. The van der Waals surface area contributed by atoms with Crippen molar-refractivity contribution in [1.29, 1.82) is 0 Å². The van der Waals surface area contributed by atoms with Gasteiger partial charge in [-0.2, -0.15) is 0 Å². The Morgan fingerprint density at radius 2 is 2.04 bits per heavy atom. The Balaban J connectivity index is 1.59.